The first kappa shape index (κ1) is 15.4. The molecule has 1 atom stereocenters. The second kappa shape index (κ2) is 7.13. The molecule has 0 fully saturated rings. The summed E-state index contributed by atoms with van der Waals surface area (Å²) in [5.74, 6) is 1.61. The summed E-state index contributed by atoms with van der Waals surface area (Å²) < 4.78 is 5.96. The van der Waals surface area contributed by atoms with Crippen molar-refractivity contribution in [3.63, 3.8) is 0 Å². The molecule has 0 aliphatic heterocycles. The molecule has 1 aromatic heterocycles. The lowest BCUT2D eigenvalue weighted by atomic mass is 10.2. The van der Waals surface area contributed by atoms with Crippen LogP contribution in [-0.4, -0.2) is 22.6 Å². The van der Waals surface area contributed by atoms with Gasteiger partial charge in [-0.15, -0.1) is 0 Å². The molecule has 0 saturated heterocycles. The van der Waals surface area contributed by atoms with Gasteiger partial charge in [-0.25, -0.2) is 4.98 Å². The number of aryl methyl sites for hydroxylation is 1. The van der Waals surface area contributed by atoms with Crippen molar-refractivity contribution in [3.05, 3.63) is 41.0 Å². The normalized spacial score (nSPS) is 12.0. The van der Waals surface area contributed by atoms with Crippen LogP contribution >= 0.6 is 11.6 Å². The van der Waals surface area contributed by atoms with Crippen molar-refractivity contribution in [2.45, 2.75) is 26.4 Å². The van der Waals surface area contributed by atoms with Gasteiger partial charge in [0, 0.05) is 6.07 Å². The predicted octanol–water partition coefficient (Wildman–Crippen LogP) is 3.29. The highest BCUT2D eigenvalue weighted by Gasteiger charge is 2.09. The van der Waals surface area contributed by atoms with E-state index in [1.165, 1.54) is 5.56 Å². The van der Waals surface area contributed by atoms with Crippen LogP contribution in [0.3, 0.4) is 0 Å². The summed E-state index contributed by atoms with van der Waals surface area (Å²) in [5.41, 5.74) is 6.73. The lowest BCUT2D eigenvalue weighted by Crippen LogP contribution is -2.25. The Labute approximate surface area is 129 Å². The van der Waals surface area contributed by atoms with Crippen LogP contribution in [0.2, 0.25) is 5.15 Å². The molecule has 0 bridgehead atoms. The molecule has 112 valence electrons. The molecule has 0 aliphatic carbocycles. The van der Waals surface area contributed by atoms with E-state index in [1.807, 2.05) is 31.2 Å². The zero-order chi connectivity index (χ0) is 15.2. The minimum atomic E-state index is 0.0294. The summed E-state index contributed by atoms with van der Waals surface area (Å²) in [7, 11) is 0. The summed E-state index contributed by atoms with van der Waals surface area (Å²) in [4.78, 5) is 7.90. The van der Waals surface area contributed by atoms with Gasteiger partial charge >= 0.3 is 0 Å². The average Bonchev–Trinajstić information content (AvgIpc) is 2.42. The fraction of sp³-hybridized carbons (Fsp3) is 0.333. The molecule has 5 nitrogen and oxygen atoms in total. The zero-order valence-corrected chi connectivity index (χ0v) is 12.9. The van der Waals surface area contributed by atoms with E-state index in [1.54, 1.807) is 6.07 Å². The number of nitrogen functional groups attached to an aromatic ring is 1. The molecule has 0 aliphatic rings. The van der Waals surface area contributed by atoms with Crippen LogP contribution in [0.25, 0.3) is 0 Å². The van der Waals surface area contributed by atoms with Crippen LogP contribution in [0.15, 0.2) is 30.3 Å². The SMILES string of the molecule is CCC(CNc1cc(Cl)nc(N)n1)Oc1cccc(C)c1. The topological polar surface area (TPSA) is 73.1 Å². The van der Waals surface area contributed by atoms with Crippen LogP contribution in [0.1, 0.15) is 18.9 Å². The predicted molar refractivity (Wildman–Crippen MR) is 85.8 cm³/mol. The number of rotatable bonds is 6. The third-order valence-electron chi connectivity index (χ3n) is 2.97. The Morgan fingerprint density at radius 1 is 1.33 bits per heavy atom. The van der Waals surface area contributed by atoms with E-state index in [4.69, 9.17) is 22.1 Å². The van der Waals surface area contributed by atoms with E-state index in [0.717, 1.165) is 12.2 Å². The van der Waals surface area contributed by atoms with Gasteiger partial charge in [-0.2, -0.15) is 4.98 Å². The van der Waals surface area contributed by atoms with Crippen LogP contribution in [0.4, 0.5) is 11.8 Å². The Morgan fingerprint density at radius 2 is 2.14 bits per heavy atom. The minimum absolute atomic E-state index is 0.0294. The molecular weight excluding hydrogens is 288 g/mol. The number of aromatic nitrogens is 2. The first-order chi connectivity index (χ1) is 10.1. The number of benzene rings is 1. The van der Waals surface area contributed by atoms with Crippen molar-refractivity contribution in [1.82, 2.24) is 9.97 Å². The fourth-order valence-corrected chi connectivity index (χ4v) is 2.08. The number of nitrogens with one attached hydrogen (secondary N) is 1. The summed E-state index contributed by atoms with van der Waals surface area (Å²) in [6.45, 7) is 4.72. The average molecular weight is 307 g/mol. The second-order valence-electron chi connectivity index (χ2n) is 4.78. The van der Waals surface area contributed by atoms with Gasteiger partial charge in [0.15, 0.2) is 0 Å². The highest BCUT2D eigenvalue weighted by atomic mass is 35.5. The van der Waals surface area contributed by atoms with E-state index in [0.29, 0.717) is 17.5 Å². The van der Waals surface area contributed by atoms with Crippen molar-refractivity contribution < 1.29 is 4.74 Å². The van der Waals surface area contributed by atoms with Crippen molar-refractivity contribution in [2.75, 3.05) is 17.6 Å². The van der Waals surface area contributed by atoms with E-state index >= 15 is 0 Å². The highest BCUT2D eigenvalue weighted by molar-refractivity contribution is 6.29. The van der Waals surface area contributed by atoms with Gasteiger partial charge < -0.3 is 15.8 Å². The molecule has 0 saturated carbocycles. The smallest absolute Gasteiger partial charge is 0.223 e. The van der Waals surface area contributed by atoms with E-state index in [2.05, 4.69) is 22.2 Å². The summed E-state index contributed by atoms with van der Waals surface area (Å²) in [6, 6.07) is 9.63. The minimum Gasteiger partial charge on any atom is -0.489 e. The summed E-state index contributed by atoms with van der Waals surface area (Å²) >= 11 is 5.84. The van der Waals surface area contributed by atoms with Gasteiger partial charge in [0.05, 0.1) is 6.54 Å². The van der Waals surface area contributed by atoms with Gasteiger partial charge in [-0.3, -0.25) is 0 Å². The molecule has 0 radical (unpaired) electrons. The molecule has 1 aromatic carbocycles. The van der Waals surface area contributed by atoms with Gasteiger partial charge in [-0.1, -0.05) is 30.7 Å². The van der Waals surface area contributed by atoms with Crippen LogP contribution in [-0.2, 0) is 0 Å². The largest absolute Gasteiger partial charge is 0.489 e. The monoisotopic (exact) mass is 306 g/mol. The molecule has 0 amide bonds. The van der Waals surface area contributed by atoms with Crippen molar-refractivity contribution in [1.29, 1.82) is 0 Å². The summed E-state index contributed by atoms with van der Waals surface area (Å²) in [5, 5.41) is 3.49. The Bertz CT molecular complexity index is 586. The fourth-order valence-electron chi connectivity index (χ4n) is 1.89. The molecular formula is C15H19ClN4O. The molecule has 0 spiro atoms. The number of anilines is 2. The lowest BCUT2D eigenvalue weighted by molar-refractivity contribution is 0.210. The Kier molecular flexibility index (Phi) is 5.22. The van der Waals surface area contributed by atoms with Gasteiger partial charge in [-0.05, 0) is 31.0 Å². The number of halogens is 1. The van der Waals surface area contributed by atoms with Gasteiger partial charge in [0.1, 0.15) is 22.8 Å². The standard InChI is InChI=1S/C15H19ClN4O/c1-3-11(21-12-6-4-5-10(2)7-12)9-18-14-8-13(16)19-15(17)20-14/h4-8,11H,3,9H2,1-2H3,(H3,17,18,19,20). The first-order valence-electron chi connectivity index (χ1n) is 6.84. The Balaban J connectivity index is 1.96. The van der Waals surface area contributed by atoms with Crippen molar-refractivity contribution >= 4 is 23.4 Å². The second-order valence-corrected chi connectivity index (χ2v) is 5.17. The van der Waals surface area contributed by atoms with Crippen LogP contribution in [0.5, 0.6) is 5.75 Å². The third kappa shape index (κ3) is 4.79. The van der Waals surface area contributed by atoms with Crippen molar-refractivity contribution in [2.24, 2.45) is 0 Å². The molecule has 1 heterocycles. The molecule has 2 aromatic rings. The zero-order valence-electron chi connectivity index (χ0n) is 12.1. The van der Waals surface area contributed by atoms with Crippen molar-refractivity contribution in [3.8, 4) is 5.75 Å². The maximum atomic E-state index is 5.96. The summed E-state index contributed by atoms with van der Waals surface area (Å²) in [6.07, 6.45) is 0.900. The van der Waals surface area contributed by atoms with Gasteiger partial charge in [0.2, 0.25) is 5.95 Å². The number of nitrogens with two attached hydrogens (primary N) is 1. The maximum Gasteiger partial charge on any atom is 0.223 e. The molecule has 2 rings (SSSR count). The maximum absolute atomic E-state index is 5.96. The molecule has 6 heteroatoms. The van der Waals surface area contributed by atoms with E-state index in [-0.39, 0.29) is 12.1 Å². The lowest BCUT2D eigenvalue weighted by Gasteiger charge is -2.19. The van der Waals surface area contributed by atoms with Crippen LogP contribution in [0, 0.1) is 6.92 Å². The third-order valence-corrected chi connectivity index (χ3v) is 3.16. The quantitative estimate of drug-likeness (QED) is 0.801. The van der Waals surface area contributed by atoms with E-state index in [9.17, 15) is 0 Å². The number of nitrogens with zero attached hydrogens (tertiary/aromatic N) is 2. The Hall–Kier alpha value is -2.01. The number of hydrogen-bond acceptors (Lipinski definition) is 5. The van der Waals surface area contributed by atoms with Gasteiger partial charge in [0.25, 0.3) is 0 Å². The highest BCUT2D eigenvalue weighted by Crippen LogP contribution is 2.17. The number of hydrogen-bond donors (Lipinski definition) is 2. The van der Waals surface area contributed by atoms with Crippen LogP contribution < -0.4 is 15.8 Å². The molecule has 1 unspecified atom stereocenters. The molecule has 21 heavy (non-hydrogen) atoms. The first-order valence-corrected chi connectivity index (χ1v) is 7.22. The van der Waals surface area contributed by atoms with E-state index < -0.39 is 0 Å². The molecule has 3 N–H and O–H groups in total. The Morgan fingerprint density at radius 3 is 2.81 bits per heavy atom. The number of ether oxygens (including phenoxy) is 1.